The van der Waals surface area contributed by atoms with Gasteiger partial charge in [-0.25, -0.2) is 4.85 Å². The molecule has 0 saturated carbocycles. The van der Waals surface area contributed by atoms with E-state index < -0.39 is 0 Å². The Bertz CT molecular complexity index is 1360. The fraction of sp³-hybridized carbons (Fsp3) is 0.286. The maximum atomic E-state index is 7.54. The molecule has 0 spiro atoms. The molecular formula is C28H27N5OS. The van der Waals surface area contributed by atoms with E-state index in [1.165, 1.54) is 16.7 Å². The summed E-state index contributed by atoms with van der Waals surface area (Å²) in [4.78, 5) is 7.88. The summed E-state index contributed by atoms with van der Waals surface area (Å²) in [6.07, 6.45) is 7.01. The molecule has 0 fully saturated rings. The molecule has 0 aliphatic heterocycles. The van der Waals surface area contributed by atoms with Gasteiger partial charge >= 0.3 is 0 Å². The van der Waals surface area contributed by atoms with Crippen molar-refractivity contribution in [2.24, 2.45) is 0 Å². The van der Waals surface area contributed by atoms with Crippen molar-refractivity contribution in [3.8, 4) is 26.9 Å². The number of rotatable bonds is 7. The molecule has 176 valence electrons. The lowest BCUT2D eigenvalue weighted by Crippen LogP contribution is -2.25. The molecular weight excluding hydrogens is 454 g/mol. The number of aromatic nitrogens is 3. The van der Waals surface area contributed by atoms with Crippen molar-refractivity contribution in [3.63, 3.8) is 0 Å². The predicted octanol–water partition coefficient (Wildman–Crippen LogP) is 6.77. The third kappa shape index (κ3) is 5.09. The van der Waals surface area contributed by atoms with Crippen LogP contribution in [0.2, 0.25) is 0 Å². The molecule has 7 heteroatoms. The van der Waals surface area contributed by atoms with Crippen LogP contribution in [0.5, 0.6) is 5.75 Å². The average molecular weight is 482 g/mol. The zero-order valence-corrected chi connectivity index (χ0v) is 20.7. The molecule has 1 N–H and O–H groups in total. The van der Waals surface area contributed by atoms with Crippen molar-refractivity contribution in [1.29, 1.82) is 0 Å². The van der Waals surface area contributed by atoms with Crippen LogP contribution in [0.3, 0.4) is 0 Å². The van der Waals surface area contributed by atoms with E-state index in [1.807, 2.05) is 44.3 Å². The van der Waals surface area contributed by atoms with Crippen LogP contribution >= 0.6 is 11.3 Å². The molecule has 5 rings (SSSR count). The van der Waals surface area contributed by atoms with Crippen LogP contribution in [0.25, 0.3) is 26.0 Å². The number of pyridine rings is 1. The zero-order chi connectivity index (χ0) is 24.2. The minimum atomic E-state index is 0.0152. The van der Waals surface area contributed by atoms with Gasteiger partial charge in [-0.1, -0.05) is 41.7 Å². The summed E-state index contributed by atoms with van der Waals surface area (Å²) in [5, 5.41) is 14.5. The first kappa shape index (κ1) is 23.2. The number of fused-ring (bicyclic) bond motifs is 1. The van der Waals surface area contributed by atoms with E-state index in [9.17, 15) is 0 Å². The maximum Gasteiger partial charge on any atom is 0.228 e. The predicted molar refractivity (Wildman–Crippen MR) is 140 cm³/mol. The first-order valence-corrected chi connectivity index (χ1v) is 12.7. The second-order valence-corrected chi connectivity index (χ2v) is 9.91. The highest BCUT2D eigenvalue weighted by atomic mass is 32.1. The Hall–Kier alpha value is -3.60. The lowest BCUT2D eigenvalue weighted by molar-refractivity contribution is 0.244. The molecule has 1 aliphatic carbocycles. The Morgan fingerprint density at radius 2 is 2.03 bits per heavy atom. The van der Waals surface area contributed by atoms with Gasteiger partial charge in [0.15, 0.2) is 0 Å². The van der Waals surface area contributed by atoms with E-state index >= 15 is 0 Å². The molecule has 0 radical (unpaired) electrons. The lowest BCUT2D eigenvalue weighted by atomic mass is 9.85. The third-order valence-electron chi connectivity index (χ3n) is 6.13. The summed E-state index contributed by atoms with van der Waals surface area (Å²) in [6.45, 7) is 12.3. The molecule has 0 amide bonds. The van der Waals surface area contributed by atoms with Crippen LogP contribution in [-0.2, 0) is 13.0 Å². The monoisotopic (exact) mass is 481 g/mol. The van der Waals surface area contributed by atoms with Crippen LogP contribution < -0.4 is 10.1 Å². The van der Waals surface area contributed by atoms with E-state index in [2.05, 4.69) is 49.6 Å². The van der Waals surface area contributed by atoms with Crippen LogP contribution in [0.4, 0.5) is 5.69 Å². The summed E-state index contributed by atoms with van der Waals surface area (Å²) in [5.41, 5.74) is 6.43. The van der Waals surface area contributed by atoms with E-state index in [1.54, 1.807) is 17.5 Å². The van der Waals surface area contributed by atoms with Gasteiger partial charge in [0.2, 0.25) is 5.69 Å². The van der Waals surface area contributed by atoms with E-state index in [0.29, 0.717) is 17.5 Å². The molecule has 2 aromatic carbocycles. The summed E-state index contributed by atoms with van der Waals surface area (Å²) in [5.74, 6) is 0.602. The Kier molecular flexibility index (Phi) is 6.84. The van der Waals surface area contributed by atoms with Gasteiger partial charge in [-0.2, -0.15) is 0 Å². The van der Waals surface area contributed by atoms with E-state index in [4.69, 9.17) is 11.3 Å². The molecule has 0 unspecified atom stereocenters. The molecule has 6 nitrogen and oxygen atoms in total. The highest BCUT2D eigenvalue weighted by Crippen LogP contribution is 2.40. The third-order valence-corrected chi connectivity index (χ3v) is 7.13. The Labute approximate surface area is 209 Å². The van der Waals surface area contributed by atoms with Gasteiger partial charge in [-0.05, 0) is 68.0 Å². The van der Waals surface area contributed by atoms with Crippen molar-refractivity contribution in [2.75, 3.05) is 0 Å². The second kappa shape index (κ2) is 10.3. The number of ether oxygens (including phenoxy) is 1. The van der Waals surface area contributed by atoms with Gasteiger partial charge in [-0.15, -0.1) is 10.2 Å². The van der Waals surface area contributed by atoms with Crippen molar-refractivity contribution < 1.29 is 4.74 Å². The Morgan fingerprint density at radius 3 is 2.83 bits per heavy atom. The topological polar surface area (TPSA) is 64.3 Å². The van der Waals surface area contributed by atoms with Crippen LogP contribution in [-0.4, -0.2) is 21.3 Å². The zero-order valence-electron chi connectivity index (χ0n) is 19.9. The van der Waals surface area contributed by atoms with Gasteiger partial charge in [0.1, 0.15) is 15.8 Å². The summed E-state index contributed by atoms with van der Waals surface area (Å²) >= 11 is 1.57. The Balaban J connectivity index is 1.41. The smallest absolute Gasteiger partial charge is 0.228 e. The standard InChI is InChI=1S/C28H27N5OS/c1-18(2)34-26-13-12-20(15-25(26)29-3)27-32-33-28(35-27)23-10-4-9-22-21(23)8-5-11-24(22)31-17-19-7-6-14-30-16-19/h4,6-7,9-10,12-16,18,24,31H,5,8,11,17H2,1-2H3/t24-/m1/s1. The Morgan fingerprint density at radius 1 is 1.14 bits per heavy atom. The number of hydrogen-bond donors (Lipinski definition) is 1. The van der Waals surface area contributed by atoms with Crippen LogP contribution in [0.1, 0.15) is 49.4 Å². The fourth-order valence-corrected chi connectivity index (χ4v) is 5.44. The van der Waals surface area contributed by atoms with Crippen molar-refractivity contribution in [1.82, 2.24) is 20.5 Å². The first-order chi connectivity index (χ1) is 17.1. The molecule has 0 bridgehead atoms. The van der Waals surface area contributed by atoms with Gasteiger partial charge in [0.05, 0.1) is 12.7 Å². The molecule has 1 aliphatic rings. The average Bonchev–Trinajstić information content (AvgIpc) is 3.38. The quantitative estimate of drug-likeness (QED) is 0.295. The molecule has 2 aromatic heterocycles. The number of benzene rings is 2. The van der Waals surface area contributed by atoms with Gasteiger partial charge < -0.3 is 10.1 Å². The highest BCUT2D eigenvalue weighted by molar-refractivity contribution is 7.17. The molecule has 4 aromatic rings. The van der Waals surface area contributed by atoms with Crippen molar-refractivity contribution in [3.05, 3.63) is 89.0 Å². The minimum Gasteiger partial charge on any atom is -0.502 e. The molecule has 1 atom stereocenters. The number of nitrogens with zero attached hydrogens (tertiary/aromatic N) is 4. The van der Waals surface area contributed by atoms with Crippen molar-refractivity contribution in [2.45, 2.75) is 51.8 Å². The van der Waals surface area contributed by atoms with E-state index in [0.717, 1.165) is 46.9 Å². The second-order valence-electron chi connectivity index (χ2n) is 8.93. The molecule has 35 heavy (non-hydrogen) atoms. The number of hydrogen-bond acceptors (Lipinski definition) is 6. The fourth-order valence-electron chi connectivity index (χ4n) is 4.54. The first-order valence-electron chi connectivity index (χ1n) is 11.9. The maximum absolute atomic E-state index is 7.54. The summed E-state index contributed by atoms with van der Waals surface area (Å²) < 4.78 is 5.77. The van der Waals surface area contributed by atoms with Gasteiger partial charge in [-0.3, -0.25) is 4.98 Å². The van der Waals surface area contributed by atoms with E-state index in [-0.39, 0.29) is 6.10 Å². The SMILES string of the molecule is [C-]#[N+]c1cc(-c2nnc(-c3cccc4c3CCC[C@H]4NCc3cccnc3)s2)ccc1OC(C)C. The minimum absolute atomic E-state index is 0.0152. The largest absolute Gasteiger partial charge is 0.502 e. The van der Waals surface area contributed by atoms with Crippen LogP contribution in [0.15, 0.2) is 60.9 Å². The molecule has 0 saturated heterocycles. The van der Waals surface area contributed by atoms with Crippen LogP contribution in [0, 0.1) is 6.57 Å². The number of nitrogens with one attached hydrogen (secondary N) is 1. The lowest BCUT2D eigenvalue weighted by Gasteiger charge is -2.28. The highest BCUT2D eigenvalue weighted by Gasteiger charge is 2.24. The normalized spacial score (nSPS) is 15.0. The van der Waals surface area contributed by atoms with Gasteiger partial charge in [0.25, 0.3) is 0 Å². The van der Waals surface area contributed by atoms with Crippen molar-refractivity contribution >= 4 is 17.0 Å². The summed E-state index contributed by atoms with van der Waals surface area (Å²) in [7, 11) is 0. The van der Waals surface area contributed by atoms with Gasteiger partial charge in [0, 0.05) is 36.1 Å². The molecule has 2 heterocycles. The summed E-state index contributed by atoms with van der Waals surface area (Å²) in [6, 6.07) is 16.5.